The lowest BCUT2D eigenvalue weighted by molar-refractivity contribution is 0.0897. The predicted octanol–water partition coefficient (Wildman–Crippen LogP) is 5.09. The molecule has 0 radical (unpaired) electrons. The molecule has 1 saturated carbocycles. The first kappa shape index (κ1) is 19.3. The molecule has 1 aromatic carbocycles. The van der Waals surface area contributed by atoms with E-state index in [1.807, 2.05) is 6.07 Å². The molecule has 0 atom stereocenters. The van der Waals surface area contributed by atoms with Crippen molar-refractivity contribution in [2.45, 2.75) is 19.3 Å². The van der Waals surface area contributed by atoms with Gasteiger partial charge in [0.05, 0.1) is 15.6 Å². The largest absolute Gasteiger partial charge is 0.355 e. The fourth-order valence-corrected chi connectivity index (χ4v) is 4.47. The van der Waals surface area contributed by atoms with Gasteiger partial charge in [0.2, 0.25) is 0 Å². The Morgan fingerprint density at radius 1 is 1.03 bits per heavy atom. The van der Waals surface area contributed by atoms with Crippen molar-refractivity contribution in [3.63, 3.8) is 0 Å². The van der Waals surface area contributed by atoms with Crippen molar-refractivity contribution in [2.75, 3.05) is 23.3 Å². The van der Waals surface area contributed by atoms with Crippen LogP contribution in [-0.4, -0.2) is 33.9 Å². The van der Waals surface area contributed by atoms with Crippen LogP contribution < -0.4 is 10.2 Å². The normalized spacial score (nSPS) is 16.7. The van der Waals surface area contributed by atoms with E-state index in [1.54, 1.807) is 36.8 Å². The van der Waals surface area contributed by atoms with Gasteiger partial charge in [-0.1, -0.05) is 29.6 Å². The first-order chi connectivity index (χ1) is 14.5. The second-order valence-electron chi connectivity index (χ2n) is 8.01. The number of hydrogen-bond donors (Lipinski definition) is 1. The van der Waals surface area contributed by atoms with E-state index in [4.69, 9.17) is 23.2 Å². The average molecular weight is 440 g/mol. The van der Waals surface area contributed by atoms with Crippen LogP contribution in [0.3, 0.4) is 0 Å². The van der Waals surface area contributed by atoms with Crippen molar-refractivity contribution in [3.8, 4) is 11.1 Å². The van der Waals surface area contributed by atoms with Crippen molar-refractivity contribution < 1.29 is 4.79 Å². The van der Waals surface area contributed by atoms with Crippen molar-refractivity contribution in [3.05, 3.63) is 64.8 Å². The molecule has 0 bridgehead atoms. The lowest BCUT2D eigenvalue weighted by Crippen LogP contribution is -2.60. The number of rotatable bonds is 4. The fourth-order valence-electron chi connectivity index (χ4n) is 4.17. The molecule has 152 valence electrons. The van der Waals surface area contributed by atoms with Gasteiger partial charge >= 0.3 is 0 Å². The molecular weight excluding hydrogens is 421 g/mol. The third-order valence-corrected chi connectivity index (χ3v) is 6.68. The van der Waals surface area contributed by atoms with Gasteiger partial charge in [0, 0.05) is 53.9 Å². The van der Waals surface area contributed by atoms with Crippen LogP contribution in [0.2, 0.25) is 10.0 Å². The fraction of sp³-hybridized carbons (Fsp3) is 0.273. The number of halogens is 2. The monoisotopic (exact) mass is 439 g/mol. The highest BCUT2D eigenvalue weighted by Gasteiger charge is 2.48. The third-order valence-electron chi connectivity index (χ3n) is 5.94. The Morgan fingerprint density at radius 3 is 2.47 bits per heavy atom. The topological polar surface area (TPSA) is 71.0 Å². The van der Waals surface area contributed by atoms with Crippen molar-refractivity contribution in [1.29, 1.82) is 0 Å². The van der Waals surface area contributed by atoms with Crippen molar-refractivity contribution in [1.82, 2.24) is 15.0 Å². The highest BCUT2D eigenvalue weighted by molar-refractivity contribution is 6.42. The average Bonchev–Trinajstić information content (AvgIpc) is 2.69. The summed E-state index contributed by atoms with van der Waals surface area (Å²) in [4.78, 5) is 28.1. The number of aromatic nitrogens is 3. The van der Waals surface area contributed by atoms with Crippen molar-refractivity contribution in [2.24, 2.45) is 5.41 Å². The zero-order valence-corrected chi connectivity index (χ0v) is 17.6. The summed E-state index contributed by atoms with van der Waals surface area (Å²) >= 11 is 12.0. The van der Waals surface area contributed by atoms with Gasteiger partial charge in [-0.2, -0.15) is 0 Å². The summed E-state index contributed by atoms with van der Waals surface area (Å²) in [5.41, 5.74) is 3.17. The number of carbonyl (C=O) groups excluding carboxylic acids is 1. The van der Waals surface area contributed by atoms with Crippen LogP contribution in [0, 0.1) is 5.41 Å². The van der Waals surface area contributed by atoms with E-state index in [9.17, 15) is 4.79 Å². The minimum Gasteiger partial charge on any atom is -0.355 e. The Labute approximate surface area is 184 Å². The summed E-state index contributed by atoms with van der Waals surface area (Å²) < 4.78 is 0. The maximum Gasteiger partial charge on any atom is 0.257 e. The molecule has 8 heteroatoms. The molecule has 1 saturated heterocycles. The molecule has 3 heterocycles. The molecule has 1 amide bonds. The van der Waals surface area contributed by atoms with E-state index in [0.29, 0.717) is 26.7 Å². The molecule has 2 aromatic heterocycles. The zero-order chi connectivity index (χ0) is 20.7. The highest BCUT2D eigenvalue weighted by atomic mass is 35.5. The maximum absolute atomic E-state index is 12.8. The van der Waals surface area contributed by atoms with Gasteiger partial charge in [-0.15, -0.1) is 0 Å². The Bertz CT molecular complexity index is 1110. The molecule has 0 unspecified atom stereocenters. The lowest BCUT2D eigenvalue weighted by atomic mass is 9.63. The van der Waals surface area contributed by atoms with Gasteiger partial charge in [0.25, 0.3) is 5.91 Å². The highest BCUT2D eigenvalue weighted by Crippen LogP contribution is 2.50. The number of hydrogen-bond acceptors (Lipinski definition) is 5. The summed E-state index contributed by atoms with van der Waals surface area (Å²) in [6.07, 6.45) is 10.5. The lowest BCUT2D eigenvalue weighted by Gasteiger charge is -2.56. The van der Waals surface area contributed by atoms with Crippen LogP contribution in [0.5, 0.6) is 0 Å². The van der Waals surface area contributed by atoms with Crippen LogP contribution in [0.25, 0.3) is 11.1 Å². The molecule has 2 aliphatic rings. The second-order valence-corrected chi connectivity index (χ2v) is 8.83. The number of carbonyl (C=O) groups is 1. The van der Waals surface area contributed by atoms with Crippen LogP contribution in [-0.2, 0) is 0 Å². The number of anilines is 2. The maximum atomic E-state index is 12.8. The molecule has 5 rings (SSSR count). The first-order valence-electron chi connectivity index (χ1n) is 9.80. The van der Waals surface area contributed by atoms with E-state index in [1.165, 1.54) is 25.6 Å². The number of pyridine rings is 1. The van der Waals surface area contributed by atoms with Crippen LogP contribution in [0.4, 0.5) is 11.5 Å². The Kier molecular flexibility index (Phi) is 4.83. The van der Waals surface area contributed by atoms with E-state index in [-0.39, 0.29) is 5.91 Å². The summed E-state index contributed by atoms with van der Waals surface area (Å²) in [7, 11) is 0. The summed E-state index contributed by atoms with van der Waals surface area (Å²) in [5, 5.41) is 3.66. The van der Waals surface area contributed by atoms with E-state index < -0.39 is 0 Å². The van der Waals surface area contributed by atoms with Gasteiger partial charge in [-0.3, -0.25) is 4.79 Å². The molecule has 1 aliphatic heterocycles. The molecule has 2 fully saturated rings. The number of nitrogens with one attached hydrogen (secondary N) is 1. The smallest absolute Gasteiger partial charge is 0.257 e. The zero-order valence-electron chi connectivity index (χ0n) is 16.1. The molecule has 6 nitrogen and oxygen atoms in total. The molecule has 30 heavy (non-hydrogen) atoms. The molecule has 1 aliphatic carbocycles. The summed E-state index contributed by atoms with van der Waals surface area (Å²) in [6.45, 7) is 2.02. The van der Waals surface area contributed by atoms with Crippen LogP contribution >= 0.6 is 23.2 Å². The molecular formula is C22H19Cl2N5O. The van der Waals surface area contributed by atoms with Crippen LogP contribution in [0.15, 0.2) is 49.2 Å². The summed E-state index contributed by atoms with van der Waals surface area (Å²) in [6, 6.07) is 6.82. The third kappa shape index (κ3) is 3.50. The Morgan fingerprint density at radius 2 is 1.80 bits per heavy atom. The van der Waals surface area contributed by atoms with Gasteiger partial charge in [-0.25, -0.2) is 15.0 Å². The Hall–Kier alpha value is -2.70. The van der Waals surface area contributed by atoms with E-state index in [0.717, 1.165) is 30.0 Å². The number of benzene rings is 1. The van der Waals surface area contributed by atoms with Gasteiger partial charge in [0.15, 0.2) is 0 Å². The van der Waals surface area contributed by atoms with E-state index >= 15 is 0 Å². The van der Waals surface area contributed by atoms with Crippen LogP contribution in [0.1, 0.15) is 29.6 Å². The van der Waals surface area contributed by atoms with Gasteiger partial charge < -0.3 is 10.2 Å². The Balaban J connectivity index is 1.44. The SMILES string of the molecule is O=C(Nc1ccc(Cl)c(Cl)c1)c1cnc(N2CC3(CCC3)C2)c(-c2cncnc2)c1. The van der Waals surface area contributed by atoms with Gasteiger partial charge in [-0.05, 0) is 37.1 Å². The predicted molar refractivity (Wildman–Crippen MR) is 118 cm³/mol. The number of amides is 1. The van der Waals surface area contributed by atoms with Gasteiger partial charge in [0.1, 0.15) is 12.1 Å². The minimum atomic E-state index is -0.274. The quantitative estimate of drug-likeness (QED) is 0.612. The summed E-state index contributed by atoms with van der Waals surface area (Å²) in [5.74, 6) is 0.595. The molecule has 1 spiro atoms. The molecule has 1 N–H and O–H groups in total. The van der Waals surface area contributed by atoms with Crippen molar-refractivity contribution >= 4 is 40.6 Å². The molecule has 3 aromatic rings. The van der Waals surface area contributed by atoms with E-state index in [2.05, 4.69) is 25.2 Å². The first-order valence-corrected chi connectivity index (χ1v) is 10.6. The second kappa shape index (κ2) is 7.52. The standard InChI is InChI=1S/C22H19Cl2N5O/c23-18-3-2-16(7-19(18)24)28-21(30)14-6-17(15-8-25-13-26-9-15)20(27-10-14)29-11-22(12-29)4-1-5-22/h2-3,6-10,13H,1,4-5,11-12H2,(H,28,30). The minimum absolute atomic E-state index is 0.274. The number of nitrogens with zero attached hydrogens (tertiary/aromatic N) is 4.